The SMILES string of the molecule is CCN(CC)C(=O)c1ccc(NC(=O)C(C)NC(=O)c2ccc(Br)s2)cc1Cl. The number of benzene rings is 1. The molecule has 2 rings (SSSR count). The third kappa shape index (κ3) is 5.56. The first-order chi connectivity index (χ1) is 13.3. The molecule has 0 aliphatic rings. The maximum atomic E-state index is 12.4. The van der Waals surface area contributed by atoms with Gasteiger partial charge in [-0.05, 0) is 67.0 Å². The van der Waals surface area contributed by atoms with Gasteiger partial charge in [-0.25, -0.2) is 0 Å². The van der Waals surface area contributed by atoms with E-state index in [9.17, 15) is 14.4 Å². The van der Waals surface area contributed by atoms with E-state index in [1.165, 1.54) is 17.4 Å². The zero-order valence-electron chi connectivity index (χ0n) is 15.7. The summed E-state index contributed by atoms with van der Waals surface area (Å²) in [4.78, 5) is 39.1. The number of rotatable bonds is 7. The number of halogens is 2. The van der Waals surface area contributed by atoms with Crippen LogP contribution in [0.5, 0.6) is 0 Å². The van der Waals surface area contributed by atoms with Gasteiger partial charge in [0, 0.05) is 18.8 Å². The average molecular weight is 487 g/mol. The maximum absolute atomic E-state index is 12.4. The molecule has 1 heterocycles. The van der Waals surface area contributed by atoms with Crippen LogP contribution in [0.1, 0.15) is 40.8 Å². The molecule has 3 amide bonds. The zero-order valence-corrected chi connectivity index (χ0v) is 18.9. The zero-order chi connectivity index (χ0) is 20.8. The van der Waals surface area contributed by atoms with Crippen LogP contribution in [-0.4, -0.2) is 41.8 Å². The van der Waals surface area contributed by atoms with E-state index in [0.29, 0.717) is 29.2 Å². The van der Waals surface area contributed by atoms with Crippen molar-refractivity contribution >= 4 is 62.3 Å². The lowest BCUT2D eigenvalue weighted by Crippen LogP contribution is -2.41. The van der Waals surface area contributed by atoms with Crippen LogP contribution in [0.2, 0.25) is 5.02 Å². The van der Waals surface area contributed by atoms with Gasteiger partial charge < -0.3 is 15.5 Å². The van der Waals surface area contributed by atoms with E-state index >= 15 is 0 Å². The van der Waals surface area contributed by atoms with E-state index in [1.807, 2.05) is 13.8 Å². The molecular weight excluding hydrogens is 466 g/mol. The van der Waals surface area contributed by atoms with Crippen molar-refractivity contribution in [1.82, 2.24) is 10.2 Å². The fourth-order valence-corrected chi connectivity index (χ4v) is 4.02. The number of hydrogen-bond acceptors (Lipinski definition) is 4. The summed E-state index contributed by atoms with van der Waals surface area (Å²) in [6.07, 6.45) is 0. The average Bonchev–Trinajstić information content (AvgIpc) is 3.09. The number of anilines is 1. The monoisotopic (exact) mass is 485 g/mol. The van der Waals surface area contributed by atoms with Crippen LogP contribution in [0.25, 0.3) is 0 Å². The molecule has 0 saturated carbocycles. The first-order valence-electron chi connectivity index (χ1n) is 8.72. The lowest BCUT2D eigenvalue weighted by atomic mass is 10.1. The van der Waals surface area contributed by atoms with E-state index < -0.39 is 6.04 Å². The van der Waals surface area contributed by atoms with Crippen LogP contribution in [-0.2, 0) is 4.79 Å². The first-order valence-corrected chi connectivity index (χ1v) is 10.7. The summed E-state index contributed by atoms with van der Waals surface area (Å²) in [5, 5.41) is 5.61. The topological polar surface area (TPSA) is 78.5 Å². The van der Waals surface area contributed by atoms with Crippen LogP contribution in [0, 0.1) is 0 Å². The van der Waals surface area contributed by atoms with Gasteiger partial charge in [-0.1, -0.05) is 11.6 Å². The van der Waals surface area contributed by atoms with Gasteiger partial charge in [0.05, 0.1) is 19.2 Å². The summed E-state index contributed by atoms with van der Waals surface area (Å²) in [5.74, 6) is -0.866. The second-order valence-corrected chi connectivity index (χ2v) is 8.83. The van der Waals surface area contributed by atoms with Gasteiger partial charge in [0.2, 0.25) is 5.91 Å². The summed E-state index contributed by atoms with van der Waals surface area (Å²) in [7, 11) is 0. The Morgan fingerprint density at radius 1 is 1.18 bits per heavy atom. The largest absolute Gasteiger partial charge is 0.340 e. The Hall–Kier alpha value is -1.90. The number of nitrogens with one attached hydrogen (secondary N) is 2. The number of carbonyl (C=O) groups excluding carboxylic acids is 3. The number of thiophene rings is 1. The van der Waals surface area contributed by atoms with Gasteiger partial charge in [-0.15, -0.1) is 11.3 Å². The predicted molar refractivity (Wildman–Crippen MR) is 116 cm³/mol. The molecule has 1 aromatic heterocycles. The predicted octanol–water partition coefficient (Wildman–Crippen LogP) is 4.40. The Balaban J connectivity index is 2.02. The Morgan fingerprint density at radius 2 is 1.86 bits per heavy atom. The van der Waals surface area contributed by atoms with Gasteiger partial charge in [0.1, 0.15) is 6.04 Å². The first kappa shape index (κ1) is 22.4. The minimum Gasteiger partial charge on any atom is -0.340 e. The van der Waals surface area contributed by atoms with Crippen molar-refractivity contribution in [3.05, 3.63) is 49.6 Å². The van der Waals surface area contributed by atoms with Crippen molar-refractivity contribution < 1.29 is 14.4 Å². The quantitative estimate of drug-likeness (QED) is 0.609. The summed E-state index contributed by atoms with van der Waals surface area (Å²) in [6, 6.07) is 7.44. The lowest BCUT2D eigenvalue weighted by molar-refractivity contribution is -0.117. The molecule has 150 valence electrons. The summed E-state index contributed by atoms with van der Waals surface area (Å²) in [6.45, 7) is 6.56. The molecule has 9 heteroatoms. The molecule has 0 aliphatic heterocycles. The molecule has 0 radical (unpaired) electrons. The van der Waals surface area contributed by atoms with Gasteiger partial charge >= 0.3 is 0 Å². The Labute approximate surface area is 181 Å². The van der Waals surface area contributed by atoms with Crippen LogP contribution in [0.15, 0.2) is 34.1 Å². The highest BCUT2D eigenvalue weighted by atomic mass is 79.9. The standard InChI is InChI=1S/C19H21BrClN3O3S/c1-4-24(5-2)19(27)13-7-6-12(10-14(13)21)23-17(25)11(3)22-18(26)15-8-9-16(20)28-15/h6-11H,4-5H2,1-3H3,(H,22,26)(H,23,25). The smallest absolute Gasteiger partial charge is 0.262 e. The van der Waals surface area contributed by atoms with Crippen molar-refractivity contribution in [3.63, 3.8) is 0 Å². The molecule has 1 unspecified atom stereocenters. The molecule has 0 spiro atoms. The molecule has 0 bridgehead atoms. The second-order valence-electron chi connectivity index (χ2n) is 5.96. The third-order valence-electron chi connectivity index (χ3n) is 4.06. The van der Waals surface area contributed by atoms with E-state index in [0.717, 1.165) is 3.79 Å². The highest BCUT2D eigenvalue weighted by Crippen LogP contribution is 2.23. The third-order valence-corrected chi connectivity index (χ3v) is 5.99. The number of hydrogen-bond donors (Lipinski definition) is 2. The van der Waals surface area contributed by atoms with Crippen molar-refractivity contribution in [3.8, 4) is 0 Å². The molecule has 0 aliphatic carbocycles. The number of nitrogens with zero attached hydrogens (tertiary/aromatic N) is 1. The molecule has 1 aromatic carbocycles. The van der Waals surface area contributed by atoms with Gasteiger partial charge in [0.25, 0.3) is 11.8 Å². The summed E-state index contributed by atoms with van der Waals surface area (Å²) in [5.41, 5.74) is 0.832. The summed E-state index contributed by atoms with van der Waals surface area (Å²) < 4.78 is 0.837. The normalized spacial score (nSPS) is 11.6. The van der Waals surface area contributed by atoms with E-state index in [2.05, 4.69) is 26.6 Å². The van der Waals surface area contributed by atoms with Crippen LogP contribution >= 0.6 is 38.9 Å². The van der Waals surface area contributed by atoms with Crippen molar-refractivity contribution in [2.45, 2.75) is 26.8 Å². The maximum Gasteiger partial charge on any atom is 0.262 e. The minimum atomic E-state index is -0.746. The fraction of sp³-hybridized carbons (Fsp3) is 0.316. The second kappa shape index (κ2) is 10.0. The highest BCUT2D eigenvalue weighted by Gasteiger charge is 2.20. The number of carbonyl (C=O) groups is 3. The Kier molecular flexibility index (Phi) is 8.03. The molecule has 1 atom stereocenters. The number of amides is 3. The van der Waals surface area contributed by atoms with Crippen LogP contribution in [0.4, 0.5) is 5.69 Å². The van der Waals surface area contributed by atoms with Gasteiger partial charge in [0.15, 0.2) is 0 Å². The minimum absolute atomic E-state index is 0.157. The van der Waals surface area contributed by atoms with E-state index in [1.54, 1.807) is 36.1 Å². The van der Waals surface area contributed by atoms with Crippen molar-refractivity contribution in [2.75, 3.05) is 18.4 Å². The Morgan fingerprint density at radius 3 is 2.39 bits per heavy atom. The van der Waals surface area contributed by atoms with Gasteiger partial charge in [-0.3, -0.25) is 14.4 Å². The molecule has 0 saturated heterocycles. The molecular formula is C19H21BrClN3O3S. The lowest BCUT2D eigenvalue weighted by Gasteiger charge is -2.19. The summed E-state index contributed by atoms with van der Waals surface area (Å²) >= 11 is 10.8. The van der Waals surface area contributed by atoms with Crippen molar-refractivity contribution in [2.24, 2.45) is 0 Å². The molecule has 2 aromatic rings. The fourth-order valence-electron chi connectivity index (χ4n) is 2.47. The molecule has 28 heavy (non-hydrogen) atoms. The molecule has 2 N–H and O–H groups in total. The Bertz CT molecular complexity index is 883. The molecule has 6 nitrogen and oxygen atoms in total. The highest BCUT2D eigenvalue weighted by molar-refractivity contribution is 9.11. The van der Waals surface area contributed by atoms with E-state index in [4.69, 9.17) is 11.6 Å². The van der Waals surface area contributed by atoms with Crippen LogP contribution < -0.4 is 10.6 Å². The molecule has 0 fully saturated rings. The van der Waals surface area contributed by atoms with E-state index in [-0.39, 0.29) is 22.7 Å². The van der Waals surface area contributed by atoms with Gasteiger partial charge in [-0.2, -0.15) is 0 Å². The van der Waals surface area contributed by atoms with Crippen LogP contribution in [0.3, 0.4) is 0 Å². The van der Waals surface area contributed by atoms with Crippen molar-refractivity contribution in [1.29, 1.82) is 0 Å².